The predicted molar refractivity (Wildman–Crippen MR) is 94.1 cm³/mol. The summed E-state index contributed by atoms with van der Waals surface area (Å²) >= 11 is 0. The van der Waals surface area contributed by atoms with Crippen LogP contribution in [0.15, 0.2) is 0 Å². The standard InChI is InChI=1S/2C7H15NO4S.Zn/c2*1-6(2)7(9)8-4-3-5-13(10,11)12;/h2*6H,3-5H2,1-2H3,(H,8,9)(H,10,11,12);/q;;+2/p-2. The molecule has 0 saturated carbocycles. The Labute approximate surface area is 174 Å². The van der Waals surface area contributed by atoms with E-state index in [1.165, 1.54) is 0 Å². The number of rotatable bonds is 10. The topological polar surface area (TPSA) is 173 Å². The molecule has 2 amide bonds. The van der Waals surface area contributed by atoms with Crippen molar-refractivity contribution < 1.29 is 55.0 Å². The van der Waals surface area contributed by atoms with Crippen LogP contribution in [0.25, 0.3) is 0 Å². The maximum Gasteiger partial charge on any atom is 2.00 e. The van der Waals surface area contributed by atoms with E-state index in [9.17, 15) is 35.5 Å². The van der Waals surface area contributed by atoms with Gasteiger partial charge in [-0.2, -0.15) is 0 Å². The molecule has 0 unspecified atom stereocenters. The molecule has 0 aromatic carbocycles. The van der Waals surface area contributed by atoms with Crippen LogP contribution in [0.5, 0.6) is 0 Å². The maximum atomic E-state index is 10.9. The predicted octanol–water partition coefficient (Wildman–Crippen LogP) is -0.615. The Balaban J connectivity index is -0.000000411. The SMILES string of the molecule is CC(C)C(=O)NCCCS(=O)(=O)[O-].CC(C)C(=O)NCCCS(=O)(=O)[O-].[Zn+2]. The van der Waals surface area contributed by atoms with Crippen molar-refractivity contribution in [3.8, 4) is 0 Å². The van der Waals surface area contributed by atoms with Gasteiger partial charge in [0.25, 0.3) is 0 Å². The minimum absolute atomic E-state index is 0. The molecule has 0 aromatic heterocycles. The van der Waals surface area contributed by atoms with Crippen molar-refractivity contribution in [2.45, 2.75) is 40.5 Å². The second-order valence-electron chi connectivity index (χ2n) is 6.12. The molecular weight excluding hydrogens is 454 g/mol. The zero-order valence-electron chi connectivity index (χ0n) is 16.2. The van der Waals surface area contributed by atoms with Gasteiger partial charge in [0.2, 0.25) is 11.8 Å². The summed E-state index contributed by atoms with van der Waals surface area (Å²) in [7, 11) is -8.29. The van der Waals surface area contributed by atoms with Gasteiger partial charge in [-0.1, -0.05) is 27.7 Å². The minimum atomic E-state index is -4.14. The van der Waals surface area contributed by atoms with E-state index in [1.54, 1.807) is 27.7 Å². The van der Waals surface area contributed by atoms with E-state index in [0.29, 0.717) is 0 Å². The first-order valence-electron chi connectivity index (χ1n) is 8.08. The first-order chi connectivity index (χ1) is 11.7. The van der Waals surface area contributed by atoms with Gasteiger partial charge in [-0.25, -0.2) is 16.8 Å². The van der Waals surface area contributed by atoms with E-state index in [0.717, 1.165) is 0 Å². The third-order valence-corrected chi connectivity index (χ3v) is 4.37. The monoisotopic (exact) mass is 480 g/mol. The van der Waals surface area contributed by atoms with Gasteiger partial charge in [-0.05, 0) is 12.8 Å². The number of carbonyl (C=O) groups excluding carboxylic acids is 2. The molecule has 0 radical (unpaired) electrons. The van der Waals surface area contributed by atoms with Crippen molar-refractivity contribution in [1.29, 1.82) is 0 Å². The molecule has 156 valence electrons. The molecule has 0 rings (SSSR count). The van der Waals surface area contributed by atoms with Gasteiger partial charge in [0.15, 0.2) is 0 Å². The van der Waals surface area contributed by atoms with Crippen LogP contribution in [-0.2, 0) is 49.3 Å². The molecule has 13 heteroatoms. The van der Waals surface area contributed by atoms with Gasteiger partial charge in [-0.15, -0.1) is 0 Å². The zero-order chi connectivity index (χ0) is 21.0. The maximum absolute atomic E-state index is 10.9. The molecule has 2 N–H and O–H groups in total. The van der Waals surface area contributed by atoms with Crippen LogP contribution in [-0.4, -0.2) is 62.4 Å². The summed E-state index contributed by atoms with van der Waals surface area (Å²) in [5.74, 6) is -1.36. The number of hydrogen-bond donors (Lipinski definition) is 2. The van der Waals surface area contributed by atoms with Crippen LogP contribution in [0.4, 0.5) is 0 Å². The van der Waals surface area contributed by atoms with Crippen molar-refractivity contribution in [2.75, 3.05) is 24.6 Å². The molecule has 10 nitrogen and oxygen atoms in total. The average Bonchev–Trinajstić information content (AvgIpc) is 2.46. The van der Waals surface area contributed by atoms with Crippen LogP contribution < -0.4 is 10.6 Å². The second-order valence-corrected chi connectivity index (χ2v) is 9.17. The van der Waals surface area contributed by atoms with Crippen molar-refractivity contribution >= 4 is 32.1 Å². The third kappa shape index (κ3) is 25.4. The van der Waals surface area contributed by atoms with Crippen molar-refractivity contribution in [3.05, 3.63) is 0 Å². The van der Waals surface area contributed by atoms with Crippen molar-refractivity contribution in [3.63, 3.8) is 0 Å². The van der Waals surface area contributed by atoms with E-state index in [1.807, 2.05) is 0 Å². The smallest absolute Gasteiger partial charge is 0.748 e. The van der Waals surface area contributed by atoms with Crippen LogP contribution in [0.2, 0.25) is 0 Å². The molecule has 0 aliphatic heterocycles. The molecule has 0 aliphatic carbocycles. The fraction of sp³-hybridized carbons (Fsp3) is 0.857. The van der Waals surface area contributed by atoms with E-state index >= 15 is 0 Å². The Morgan fingerprint density at radius 1 is 0.741 bits per heavy atom. The van der Waals surface area contributed by atoms with Gasteiger partial charge in [0.1, 0.15) is 0 Å². The minimum Gasteiger partial charge on any atom is -0.748 e. The summed E-state index contributed by atoms with van der Waals surface area (Å²) in [6, 6.07) is 0. The van der Waals surface area contributed by atoms with Gasteiger partial charge in [-0.3, -0.25) is 9.59 Å². The number of carbonyl (C=O) groups is 2. The third-order valence-electron chi connectivity index (χ3n) is 2.79. The van der Waals surface area contributed by atoms with Gasteiger partial charge < -0.3 is 19.7 Å². The first kappa shape index (κ1) is 31.1. The van der Waals surface area contributed by atoms with E-state index in [-0.39, 0.29) is 69.1 Å². The molecule has 0 aliphatic rings. The number of nitrogens with one attached hydrogen (secondary N) is 2. The zero-order valence-corrected chi connectivity index (χ0v) is 20.8. The van der Waals surface area contributed by atoms with Crippen molar-refractivity contribution in [2.24, 2.45) is 11.8 Å². The molecule has 0 spiro atoms. The van der Waals surface area contributed by atoms with Gasteiger partial charge in [0, 0.05) is 36.4 Å². The molecule has 0 saturated heterocycles. The molecule has 27 heavy (non-hydrogen) atoms. The average molecular weight is 482 g/mol. The molecule has 0 atom stereocenters. The van der Waals surface area contributed by atoms with E-state index in [2.05, 4.69) is 10.6 Å². The summed E-state index contributed by atoms with van der Waals surface area (Å²) in [6.07, 6.45) is 0.342. The van der Waals surface area contributed by atoms with E-state index < -0.39 is 31.7 Å². The molecule has 0 aromatic rings. The Morgan fingerprint density at radius 2 is 1.00 bits per heavy atom. The molecular formula is C14H28N2O8S2Zn. The van der Waals surface area contributed by atoms with Crippen molar-refractivity contribution in [1.82, 2.24) is 10.6 Å². The summed E-state index contributed by atoms with van der Waals surface area (Å²) < 4.78 is 60.8. The number of amides is 2. The van der Waals surface area contributed by atoms with E-state index in [4.69, 9.17) is 0 Å². The fourth-order valence-corrected chi connectivity index (χ4v) is 2.33. The summed E-state index contributed by atoms with van der Waals surface area (Å²) in [5.41, 5.74) is 0. The van der Waals surface area contributed by atoms with Crippen LogP contribution >= 0.6 is 0 Å². The summed E-state index contributed by atoms with van der Waals surface area (Å²) in [5, 5.41) is 5.02. The largest absolute Gasteiger partial charge is 2.00 e. The Bertz CT molecular complexity index is 578. The summed E-state index contributed by atoms with van der Waals surface area (Å²) in [6.45, 7) is 7.41. The Kier molecular flexibility index (Phi) is 17.6. The fourth-order valence-electron chi connectivity index (χ4n) is 1.33. The molecule has 0 fully saturated rings. The van der Waals surface area contributed by atoms with Crippen LogP contribution in [0, 0.1) is 11.8 Å². The quantitative estimate of drug-likeness (QED) is 0.236. The Morgan fingerprint density at radius 3 is 1.19 bits per heavy atom. The van der Waals surface area contributed by atoms with Crippen LogP contribution in [0.1, 0.15) is 40.5 Å². The first-order valence-corrected chi connectivity index (χ1v) is 11.2. The van der Waals surface area contributed by atoms with Crippen LogP contribution in [0.3, 0.4) is 0 Å². The Hall–Kier alpha value is -0.617. The van der Waals surface area contributed by atoms with Gasteiger partial charge >= 0.3 is 19.5 Å². The summed E-state index contributed by atoms with van der Waals surface area (Å²) in [4.78, 5) is 21.9. The number of hydrogen-bond acceptors (Lipinski definition) is 8. The normalized spacial score (nSPS) is 11.3. The molecule has 0 heterocycles. The van der Waals surface area contributed by atoms with Gasteiger partial charge in [0.05, 0.1) is 20.2 Å². The molecule has 0 bridgehead atoms. The second kappa shape index (κ2) is 15.3.